The van der Waals surface area contributed by atoms with Crippen LogP contribution in [0.2, 0.25) is 0 Å². The Morgan fingerprint density at radius 1 is 1.58 bits per heavy atom. The fraction of sp³-hybridized carbons (Fsp3) is 0.429. The molecule has 0 aliphatic heterocycles. The van der Waals surface area contributed by atoms with Crippen molar-refractivity contribution in [2.45, 2.75) is 0 Å². The maximum absolute atomic E-state index is 11.2. The van der Waals surface area contributed by atoms with Crippen LogP contribution in [0.1, 0.15) is 10.5 Å². The van der Waals surface area contributed by atoms with Crippen LogP contribution in [-0.2, 0) is 7.05 Å². The van der Waals surface area contributed by atoms with Crippen LogP contribution in [-0.4, -0.2) is 29.6 Å². The Hall–Kier alpha value is -1.52. The molecule has 0 bridgehead atoms. The number of aromatic nitrogens is 2. The monoisotopic (exact) mass is 168 g/mol. The van der Waals surface area contributed by atoms with E-state index in [9.17, 15) is 4.79 Å². The van der Waals surface area contributed by atoms with E-state index in [0.717, 1.165) is 0 Å². The zero-order valence-corrected chi connectivity index (χ0v) is 7.38. The molecule has 0 spiro atoms. The molecule has 1 heterocycles. The molecule has 0 aliphatic rings. The summed E-state index contributed by atoms with van der Waals surface area (Å²) in [4.78, 5) is 15.1. The Morgan fingerprint density at radius 3 is 2.75 bits per heavy atom. The van der Waals surface area contributed by atoms with E-state index < -0.39 is 0 Å². The Balaban J connectivity index is 3.07. The fourth-order valence-electron chi connectivity index (χ4n) is 1.01. The molecule has 0 saturated heterocycles. The highest BCUT2D eigenvalue weighted by Gasteiger charge is 2.13. The molecule has 0 radical (unpaired) electrons. The summed E-state index contributed by atoms with van der Waals surface area (Å²) in [5, 5.41) is 5.41. The van der Waals surface area contributed by atoms with Gasteiger partial charge in [0.25, 0.3) is 5.91 Å². The molecule has 0 unspecified atom stereocenters. The molecular formula is C7H12N4O. The van der Waals surface area contributed by atoms with Gasteiger partial charge in [0.05, 0.1) is 6.33 Å². The highest BCUT2D eigenvalue weighted by Crippen LogP contribution is 2.10. The molecule has 1 rings (SSSR count). The van der Waals surface area contributed by atoms with E-state index in [0.29, 0.717) is 11.5 Å². The SMILES string of the molecule is CNC(=O)c1ncn(C)c1NC. The first-order valence-electron chi connectivity index (χ1n) is 3.61. The van der Waals surface area contributed by atoms with Crippen LogP contribution in [0.3, 0.4) is 0 Å². The number of hydrogen-bond acceptors (Lipinski definition) is 3. The number of rotatable bonds is 2. The average molecular weight is 168 g/mol. The summed E-state index contributed by atoms with van der Waals surface area (Å²) in [6.07, 6.45) is 1.59. The van der Waals surface area contributed by atoms with E-state index in [1.54, 1.807) is 25.0 Å². The van der Waals surface area contributed by atoms with Crippen LogP contribution < -0.4 is 10.6 Å². The summed E-state index contributed by atoms with van der Waals surface area (Å²) in [6.45, 7) is 0. The van der Waals surface area contributed by atoms with Gasteiger partial charge in [-0.05, 0) is 0 Å². The molecule has 12 heavy (non-hydrogen) atoms. The van der Waals surface area contributed by atoms with Crippen molar-refractivity contribution in [1.82, 2.24) is 14.9 Å². The predicted octanol–water partition coefficient (Wildman–Crippen LogP) is -0.179. The van der Waals surface area contributed by atoms with Gasteiger partial charge in [-0.15, -0.1) is 0 Å². The summed E-state index contributed by atoms with van der Waals surface area (Å²) < 4.78 is 1.75. The second kappa shape index (κ2) is 3.25. The van der Waals surface area contributed by atoms with Gasteiger partial charge >= 0.3 is 0 Å². The van der Waals surface area contributed by atoms with Gasteiger partial charge in [0.15, 0.2) is 5.69 Å². The van der Waals surface area contributed by atoms with Gasteiger partial charge in [-0.1, -0.05) is 0 Å². The van der Waals surface area contributed by atoms with E-state index >= 15 is 0 Å². The fourth-order valence-corrected chi connectivity index (χ4v) is 1.01. The van der Waals surface area contributed by atoms with Gasteiger partial charge in [0.2, 0.25) is 0 Å². The number of anilines is 1. The molecule has 0 fully saturated rings. The molecule has 0 atom stereocenters. The van der Waals surface area contributed by atoms with Gasteiger partial charge in [-0.3, -0.25) is 4.79 Å². The van der Waals surface area contributed by atoms with Crippen LogP contribution in [0, 0.1) is 0 Å². The van der Waals surface area contributed by atoms with E-state index in [2.05, 4.69) is 15.6 Å². The predicted molar refractivity (Wildman–Crippen MR) is 46.1 cm³/mol. The lowest BCUT2D eigenvalue weighted by atomic mass is 10.4. The lowest BCUT2D eigenvalue weighted by Crippen LogP contribution is -2.19. The summed E-state index contributed by atoms with van der Waals surface area (Å²) >= 11 is 0. The van der Waals surface area contributed by atoms with E-state index in [1.165, 1.54) is 0 Å². The molecule has 66 valence electrons. The normalized spacial score (nSPS) is 9.58. The molecule has 0 aliphatic carbocycles. The molecule has 5 nitrogen and oxygen atoms in total. The van der Waals surface area contributed by atoms with E-state index in [4.69, 9.17) is 0 Å². The third-order valence-electron chi connectivity index (χ3n) is 1.62. The van der Waals surface area contributed by atoms with Crippen LogP contribution in [0.25, 0.3) is 0 Å². The van der Waals surface area contributed by atoms with Crippen molar-refractivity contribution < 1.29 is 4.79 Å². The Bertz CT molecular complexity index is 292. The number of carbonyl (C=O) groups excluding carboxylic acids is 1. The first-order valence-corrected chi connectivity index (χ1v) is 3.61. The molecule has 1 amide bonds. The minimum Gasteiger partial charge on any atom is -0.373 e. The summed E-state index contributed by atoms with van der Waals surface area (Å²) in [5.41, 5.74) is 0.419. The van der Waals surface area contributed by atoms with Crippen molar-refractivity contribution in [3.8, 4) is 0 Å². The quantitative estimate of drug-likeness (QED) is 0.644. The van der Waals surface area contributed by atoms with Gasteiger partial charge in [0.1, 0.15) is 5.82 Å². The zero-order chi connectivity index (χ0) is 9.14. The third kappa shape index (κ3) is 1.25. The first kappa shape index (κ1) is 8.58. The Labute approximate surface area is 70.8 Å². The Morgan fingerprint density at radius 2 is 2.25 bits per heavy atom. The van der Waals surface area contributed by atoms with E-state index in [-0.39, 0.29) is 5.91 Å². The van der Waals surface area contributed by atoms with Crippen molar-refractivity contribution in [1.29, 1.82) is 0 Å². The topological polar surface area (TPSA) is 59.0 Å². The van der Waals surface area contributed by atoms with E-state index in [1.807, 2.05) is 7.05 Å². The summed E-state index contributed by atoms with van der Waals surface area (Å²) in [7, 11) is 5.16. The van der Waals surface area contributed by atoms with Crippen molar-refractivity contribution in [3.05, 3.63) is 12.0 Å². The molecular weight excluding hydrogens is 156 g/mol. The summed E-state index contributed by atoms with van der Waals surface area (Å²) in [6, 6.07) is 0. The minimum atomic E-state index is -0.181. The molecule has 0 aromatic carbocycles. The number of imidazole rings is 1. The minimum absolute atomic E-state index is 0.181. The van der Waals surface area contributed by atoms with Crippen molar-refractivity contribution in [2.24, 2.45) is 7.05 Å². The lowest BCUT2D eigenvalue weighted by molar-refractivity contribution is 0.0959. The van der Waals surface area contributed by atoms with Crippen LogP contribution in [0.5, 0.6) is 0 Å². The molecule has 2 N–H and O–H groups in total. The third-order valence-corrected chi connectivity index (χ3v) is 1.62. The smallest absolute Gasteiger partial charge is 0.273 e. The maximum Gasteiger partial charge on any atom is 0.273 e. The number of amides is 1. The number of carbonyl (C=O) groups is 1. The number of aryl methyl sites for hydroxylation is 1. The number of nitrogens with one attached hydrogen (secondary N) is 2. The molecule has 5 heteroatoms. The standard InChI is InChI=1S/C7H12N4O/c1-8-6-5(7(12)9-2)10-4-11(6)3/h4,8H,1-3H3,(H,9,12). The van der Waals surface area contributed by atoms with Gasteiger partial charge < -0.3 is 15.2 Å². The second-order valence-electron chi connectivity index (χ2n) is 2.38. The number of nitrogens with zero attached hydrogens (tertiary/aromatic N) is 2. The van der Waals surface area contributed by atoms with Crippen LogP contribution in [0.15, 0.2) is 6.33 Å². The molecule has 1 aromatic rings. The van der Waals surface area contributed by atoms with Gasteiger partial charge in [-0.2, -0.15) is 0 Å². The largest absolute Gasteiger partial charge is 0.373 e. The number of hydrogen-bond donors (Lipinski definition) is 2. The maximum atomic E-state index is 11.2. The van der Waals surface area contributed by atoms with Crippen molar-refractivity contribution >= 4 is 11.7 Å². The highest BCUT2D eigenvalue weighted by atomic mass is 16.1. The summed E-state index contributed by atoms with van der Waals surface area (Å²) in [5.74, 6) is 0.536. The van der Waals surface area contributed by atoms with Crippen LogP contribution >= 0.6 is 0 Å². The second-order valence-corrected chi connectivity index (χ2v) is 2.38. The first-order chi connectivity index (χ1) is 5.70. The molecule has 0 saturated carbocycles. The van der Waals surface area contributed by atoms with Gasteiger partial charge in [0, 0.05) is 21.1 Å². The van der Waals surface area contributed by atoms with Gasteiger partial charge in [-0.25, -0.2) is 4.98 Å². The van der Waals surface area contributed by atoms with Crippen molar-refractivity contribution in [2.75, 3.05) is 19.4 Å². The highest BCUT2D eigenvalue weighted by molar-refractivity contribution is 5.96. The zero-order valence-electron chi connectivity index (χ0n) is 7.38. The van der Waals surface area contributed by atoms with Crippen molar-refractivity contribution in [3.63, 3.8) is 0 Å². The lowest BCUT2D eigenvalue weighted by Gasteiger charge is -2.02. The Kier molecular flexibility index (Phi) is 2.32. The van der Waals surface area contributed by atoms with Crippen LogP contribution in [0.4, 0.5) is 5.82 Å². The average Bonchev–Trinajstić information content (AvgIpc) is 2.45. The molecule has 1 aromatic heterocycles.